The molecule has 1 rings (SSSR count). The first-order valence-electron chi connectivity index (χ1n) is 4.71. The number of ether oxygens (including phenoxy) is 1. The van der Waals surface area contributed by atoms with Gasteiger partial charge in [0.2, 0.25) is 5.13 Å². The summed E-state index contributed by atoms with van der Waals surface area (Å²) in [7, 11) is 0. The van der Waals surface area contributed by atoms with Gasteiger partial charge in [-0.2, -0.15) is 0 Å². The molecule has 0 radical (unpaired) electrons. The van der Waals surface area contributed by atoms with Gasteiger partial charge in [-0.25, -0.2) is 0 Å². The second-order valence-electron chi connectivity index (χ2n) is 3.93. The van der Waals surface area contributed by atoms with Crippen LogP contribution in [0.4, 0.5) is 5.13 Å². The van der Waals surface area contributed by atoms with E-state index >= 15 is 0 Å². The van der Waals surface area contributed by atoms with Gasteiger partial charge in [0, 0.05) is 6.54 Å². The highest BCUT2D eigenvalue weighted by Gasteiger charge is 2.12. The van der Waals surface area contributed by atoms with Crippen LogP contribution in [-0.2, 0) is 11.3 Å². The van der Waals surface area contributed by atoms with Gasteiger partial charge >= 0.3 is 0 Å². The maximum atomic E-state index is 5.59. The number of hydrogen-bond acceptors (Lipinski definition) is 5. The average molecular weight is 215 g/mol. The van der Waals surface area contributed by atoms with Gasteiger partial charge < -0.3 is 10.1 Å². The Balaban J connectivity index is 2.44. The zero-order chi connectivity index (χ0) is 10.6. The molecule has 0 saturated heterocycles. The maximum Gasteiger partial charge on any atom is 0.205 e. The van der Waals surface area contributed by atoms with Gasteiger partial charge in [0.15, 0.2) is 0 Å². The molecular formula is C9H17N3OS. The molecule has 0 spiro atoms. The Morgan fingerprint density at radius 1 is 1.36 bits per heavy atom. The first kappa shape index (κ1) is 11.4. The molecule has 5 heteroatoms. The number of rotatable bonds is 4. The summed E-state index contributed by atoms with van der Waals surface area (Å²) in [5.41, 5.74) is -0.121. The van der Waals surface area contributed by atoms with Crippen LogP contribution in [0.25, 0.3) is 0 Å². The van der Waals surface area contributed by atoms with Crippen molar-refractivity contribution >= 4 is 16.5 Å². The van der Waals surface area contributed by atoms with Crippen molar-refractivity contribution in [1.82, 2.24) is 10.2 Å². The Labute approximate surface area is 88.7 Å². The summed E-state index contributed by atoms with van der Waals surface area (Å²) in [5, 5.41) is 12.9. The molecule has 80 valence electrons. The molecule has 0 bridgehead atoms. The van der Waals surface area contributed by atoms with Crippen molar-refractivity contribution in [2.75, 3.05) is 11.9 Å². The highest BCUT2D eigenvalue weighted by atomic mass is 32.1. The third-order valence-electron chi connectivity index (χ3n) is 1.42. The number of anilines is 1. The Bertz CT molecular complexity index is 280. The van der Waals surface area contributed by atoms with Crippen molar-refractivity contribution in [2.24, 2.45) is 0 Å². The second-order valence-corrected chi connectivity index (χ2v) is 4.99. The Morgan fingerprint density at radius 3 is 2.64 bits per heavy atom. The standard InChI is InChI=1S/C9H17N3OS/c1-5-10-8-12-11-7(14-8)6-13-9(2,3)4/h5-6H2,1-4H3,(H,10,12). The molecule has 0 aliphatic rings. The van der Waals surface area contributed by atoms with E-state index in [1.54, 1.807) is 0 Å². The topological polar surface area (TPSA) is 47.0 Å². The first-order valence-corrected chi connectivity index (χ1v) is 5.53. The monoisotopic (exact) mass is 215 g/mol. The van der Waals surface area contributed by atoms with E-state index in [1.807, 2.05) is 27.7 Å². The quantitative estimate of drug-likeness (QED) is 0.837. The molecule has 0 aliphatic heterocycles. The normalized spacial score (nSPS) is 11.7. The molecule has 1 aromatic rings. The van der Waals surface area contributed by atoms with Gasteiger partial charge in [0.25, 0.3) is 0 Å². The van der Waals surface area contributed by atoms with Crippen LogP contribution in [0.1, 0.15) is 32.7 Å². The zero-order valence-electron chi connectivity index (χ0n) is 9.13. The third kappa shape index (κ3) is 4.02. The fraction of sp³-hybridized carbons (Fsp3) is 0.778. The van der Waals surface area contributed by atoms with E-state index in [0.29, 0.717) is 6.61 Å². The molecule has 0 amide bonds. The minimum absolute atomic E-state index is 0.121. The molecule has 0 saturated carbocycles. The van der Waals surface area contributed by atoms with Crippen LogP contribution in [-0.4, -0.2) is 22.3 Å². The lowest BCUT2D eigenvalue weighted by molar-refractivity contribution is -0.0152. The fourth-order valence-corrected chi connectivity index (χ4v) is 1.53. The van der Waals surface area contributed by atoms with Crippen LogP contribution in [0.15, 0.2) is 0 Å². The van der Waals surface area contributed by atoms with Gasteiger partial charge in [-0.3, -0.25) is 0 Å². The number of hydrogen-bond donors (Lipinski definition) is 1. The van der Waals surface area contributed by atoms with Gasteiger partial charge in [-0.15, -0.1) is 10.2 Å². The largest absolute Gasteiger partial charge is 0.369 e. The van der Waals surface area contributed by atoms with E-state index in [0.717, 1.165) is 16.7 Å². The van der Waals surface area contributed by atoms with Crippen LogP contribution in [0.3, 0.4) is 0 Å². The number of aromatic nitrogens is 2. The minimum Gasteiger partial charge on any atom is -0.369 e. The van der Waals surface area contributed by atoms with E-state index in [1.165, 1.54) is 11.3 Å². The predicted molar refractivity (Wildman–Crippen MR) is 58.6 cm³/mol. The smallest absolute Gasteiger partial charge is 0.205 e. The lowest BCUT2D eigenvalue weighted by Gasteiger charge is -2.17. The van der Waals surface area contributed by atoms with Crippen molar-refractivity contribution in [1.29, 1.82) is 0 Å². The Hall–Kier alpha value is -0.680. The Morgan fingerprint density at radius 2 is 2.07 bits per heavy atom. The highest BCUT2D eigenvalue weighted by molar-refractivity contribution is 7.15. The van der Waals surface area contributed by atoms with Gasteiger partial charge in [0.1, 0.15) is 11.6 Å². The van der Waals surface area contributed by atoms with Crippen molar-refractivity contribution in [3.05, 3.63) is 5.01 Å². The minimum atomic E-state index is -0.121. The molecule has 1 aromatic heterocycles. The second kappa shape index (κ2) is 4.70. The molecule has 1 N–H and O–H groups in total. The van der Waals surface area contributed by atoms with Gasteiger partial charge in [0.05, 0.1) is 5.60 Å². The lowest BCUT2D eigenvalue weighted by atomic mass is 10.2. The predicted octanol–water partition coefficient (Wildman–Crippen LogP) is 2.29. The summed E-state index contributed by atoms with van der Waals surface area (Å²) in [6, 6.07) is 0. The third-order valence-corrected chi connectivity index (χ3v) is 2.28. The van der Waals surface area contributed by atoms with Crippen molar-refractivity contribution in [2.45, 2.75) is 39.9 Å². The van der Waals surface area contributed by atoms with E-state index < -0.39 is 0 Å². The summed E-state index contributed by atoms with van der Waals surface area (Å²) < 4.78 is 5.59. The molecule has 4 nitrogen and oxygen atoms in total. The van der Waals surface area contributed by atoms with Crippen LogP contribution in [0.2, 0.25) is 0 Å². The molecule has 0 aliphatic carbocycles. The Kier molecular flexibility index (Phi) is 3.83. The average Bonchev–Trinajstić information content (AvgIpc) is 2.49. The number of nitrogens with one attached hydrogen (secondary N) is 1. The van der Waals surface area contributed by atoms with E-state index in [4.69, 9.17) is 4.74 Å². The summed E-state index contributed by atoms with van der Waals surface area (Å²) in [4.78, 5) is 0. The van der Waals surface area contributed by atoms with Crippen LogP contribution in [0.5, 0.6) is 0 Å². The summed E-state index contributed by atoms with van der Waals surface area (Å²) in [6.45, 7) is 9.52. The molecule has 0 fully saturated rings. The summed E-state index contributed by atoms with van der Waals surface area (Å²) in [5.74, 6) is 0. The zero-order valence-corrected chi connectivity index (χ0v) is 9.94. The van der Waals surface area contributed by atoms with Crippen molar-refractivity contribution in [3.8, 4) is 0 Å². The van der Waals surface area contributed by atoms with Crippen LogP contribution < -0.4 is 5.32 Å². The lowest BCUT2D eigenvalue weighted by Crippen LogP contribution is -2.18. The molecule has 0 atom stereocenters. The summed E-state index contributed by atoms with van der Waals surface area (Å²) in [6.07, 6.45) is 0. The number of nitrogens with zero attached hydrogens (tertiary/aromatic N) is 2. The van der Waals surface area contributed by atoms with Gasteiger partial charge in [-0.05, 0) is 27.7 Å². The van der Waals surface area contributed by atoms with E-state index in [2.05, 4.69) is 15.5 Å². The van der Waals surface area contributed by atoms with E-state index in [-0.39, 0.29) is 5.60 Å². The van der Waals surface area contributed by atoms with Crippen molar-refractivity contribution < 1.29 is 4.74 Å². The maximum absolute atomic E-state index is 5.59. The van der Waals surface area contributed by atoms with Crippen LogP contribution in [0, 0.1) is 0 Å². The van der Waals surface area contributed by atoms with Crippen molar-refractivity contribution in [3.63, 3.8) is 0 Å². The first-order chi connectivity index (χ1) is 6.51. The SMILES string of the molecule is CCNc1nnc(COC(C)(C)C)s1. The highest BCUT2D eigenvalue weighted by Crippen LogP contribution is 2.18. The van der Waals surface area contributed by atoms with Crippen LogP contribution >= 0.6 is 11.3 Å². The molecule has 1 heterocycles. The summed E-state index contributed by atoms with van der Waals surface area (Å²) >= 11 is 1.54. The molecule has 0 aromatic carbocycles. The molecular weight excluding hydrogens is 198 g/mol. The molecule has 0 unspecified atom stereocenters. The van der Waals surface area contributed by atoms with E-state index in [9.17, 15) is 0 Å². The molecule has 14 heavy (non-hydrogen) atoms. The van der Waals surface area contributed by atoms with Gasteiger partial charge in [-0.1, -0.05) is 11.3 Å². The fourth-order valence-electron chi connectivity index (χ4n) is 0.813.